The Balaban J connectivity index is 1.78. The number of carbonyl (C=O) groups excluding carboxylic acids is 2. The third-order valence-electron chi connectivity index (χ3n) is 6.06. The molecule has 1 aromatic carbocycles. The highest BCUT2D eigenvalue weighted by molar-refractivity contribution is 5.81. The van der Waals surface area contributed by atoms with Crippen molar-refractivity contribution in [2.45, 2.75) is 58.3 Å². The van der Waals surface area contributed by atoms with E-state index < -0.39 is 5.41 Å². The second kappa shape index (κ2) is 8.85. The van der Waals surface area contributed by atoms with Gasteiger partial charge in [-0.3, -0.25) is 9.59 Å². The fourth-order valence-corrected chi connectivity index (χ4v) is 4.61. The SMILES string of the molecule is CCOC(=O)[C@]1(Cc2ccccc2F)CCCN(C(=O)CC2CCCC2)C1. The van der Waals surface area contributed by atoms with Crippen LogP contribution in [0.2, 0.25) is 0 Å². The van der Waals surface area contributed by atoms with Crippen molar-refractivity contribution in [3.8, 4) is 0 Å². The minimum absolute atomic E-state index is 0.129. The minimum Gasteiger partial charge on any atom is -0.466 e. The molecule has 27 heavy (non-hydrogen) atoms. The second-order valence-corrected chi connectivity index (χ2v) is 8.04. The van der Waals surface area contributed by atoms with Crippen molar-refractivity contribution in [3.63, 3.8) is 0 Å². The molecule has 0 spiro atoms. The second-order valence-electron chi connectivity index (χ2n) is 8.04. The standard InChI is InChI=1S/C22H30FNO3/c1-2-27-21(26)22(15-18-10-5-6-11-19(18)23)12-7-13-24(16-22)20(25)14-17-8-3-4-9-17/h5-6,10-11,17H,2-4,7-9,12-16H2,1H3/t22-/m0/s1. The van der Waals surface area contributed by atoms with Crippen molar-refractivity contribution in [2.75, 3.05) is 19.7 Å². The number of hydrogen-bond acceptors (Lipinski definition) is 3. The lowest BCUT2D eigenvalue weighted by Gasteiger charge is -2.41. The summed E-state index contributed by atoms with van der Waals surface area (Å²) in [6.45, 7) is 3.06. The number of hydrogen-bond donors (Lipinski definition) is 0. The quantitative estimate of drug-likeness (QED) is 0.703. The van der Waals surface area contributed by atoms with E-state index in [1.54, 1.807) is 25.1 Å². The van der Waals surface area contributed by atoms with E-state index in [2.05, 4.69) is 0 Å². The van der Waals surface area contributed by atoms with E-state index in [9.17, 15) is 14.0 Å². The first-order chi connectivity index (χ1) is 13.0. The molecule has 0 bridgehead atoms. The fourth-order valence-electron chi connectivity index (χ4n) is 4.61. The first-order valence-electron chi connectivity index (χ1n) is 10.2. The average Bonchev–Trinajstić information content (AvgIpc) is 3.17. The molecule has 1 aliphatic heterocycles. The Morgan fingerprint density at radius 2 is 1.96 bits per heavy atom. The van der Waals surface area contributed by atoms with Gasteiger partial charge in [0, 0.05) is 19.5 Å². The maximum absolute atomic E-state index is 14.3. The van der Waals surface area contributed by atoms with Crippen LogP contribution in [0.5, 0.6) is 0 Å². The van der Waals surface area contributed by atoms with Gasteiger partial charge >= 0.3 is 5.97 Å². The van der Waals surface area contributed by atoms with Gasteiger partial charge in [0.15, 0.2) is 0 Å². The first kappa shape index (κ1) is 19.8. The lowest BCUT2D eigenvalue weighted by molar-refractivity contribution is -0.161. The number of halogens is 1. The zero-order valence-corrected chi connectivity index (χ0v) is 16.2. The summed E-state index contributed by atoms with van der Waals surface area (Å²) in [7, 11) is 0. The molecule has 0 aromatic heterocycles. The lowest BCUT2D eigenvalue weighted by atomic mass is 9.74. The van der Waals surface area contributed by atoms with Crippen molar-refractivity contribution in [1.29, 1.82) is 0 Å². The molecule has 0 N–H and O–H groups in total. The van der Waals surface area contributed by atoms with E-state index in [0.29, 0.717) is 37.4 Å². The summed E-state index contributed by atoms with van der Waals surface area (Å²) in [5.74, 6) is -0.0195. The first-order valence-corrected chi connectivity index (χ1v) is 10.2. The maximum Gasteiger partial charge on any atom is 0.314 e. The summed E-state index contributed by atoms with van der Waals surface area (Å²) in [4.78, 5) is 27.5. The molecule has 1 aromatic rings. The molecular weight excluding hydrogens is 345 g/mol. The van der Waals surface area contributed by atoms with E-state index in [-0.39, 0.29) is 30.7 Å². The maximum atomic E-state index is 14.3. The third-order valence-corrected chi connectivity index (χ3v) is 6.06. The molecular formula is C22H30FNO3. The third kappa shape index (κ3) is 4.69. The molecule has 1 heterocycles. The Bertz CT molecular complexity index is 671. The van der Waals surface area contributed by atoms with Crippen LogP contribution in [-0.4, -0.2) is 36.5 Å². The van der Waals surface area contributed by atoms with Crippen LogP contribution < -0.4 is 0 Å². The molecule has 1 saturated heterocycles. The number of rotatable bonds is 6. The van der Waals surface area contributed by atoms with Crippen molar-refractivity contribution in [1.82, 2.24) is 4.90 Å². The predicted octanol–water partition coefficient (Wildman–Crippen LogP) is 4.12. The highest BCUT2D eigenvalue weighted by Gasteiger charge is 2.45. The summed E-state index contributed by atoms with van der Waals surface area (Å²) in [6, 6.07) is 6.56. The molecule has 3 rings (SSSR count). The topological polar surface area (TPSA) is 46.6 Å². The van der Waals surface area contributed by atoms with Crippen LogP contribution in [0.1, 0.15) is 57.4 Å². The van der Waals surface area contributed by atoms with Gasteiger partial charge in [-0.15, -0.1) is 0 Å². The van der Waals surface area contributed by atoms with Gasteiger partial charge in [0.2, 0.25) is 5.91 Å². The van der Waals surface area contributed by atoms with Crippen molar-refractivity contribution in [3.05, 3.63) is 35.6 Å². The Hall–Kier alpha value is -1.91. The highest BCUT2D eigenvalue weighted by Crippen LogP contribution is 2.37. The van der Waals surface area contributed by atoms with Gasteiger partial charge < -0.3 is 9.64 Å². The minimum atomic E-state index is -0.859. The molecule has 4 nitrogen and oxygen atoms in total. The molecule has 1 aliphatic carbocycles. The van der Waals surface area contributed by atoms with Gasteiger partial charge in [0.25, 0.3) is 0 Å². The monoisotopic (exact) mass is 375 g/mol. The van der Waals surface area contributed by atoms with Crippen LogP contribution in [-0.2, 0) is 20.7 Å². The zero-order valence-electron chi connectivity index (χ0n) is 16.2. The highest BCUT2D eigenvalue weighted by atomic mass is 19.1. The Labute approximate surface area is 161 Å². The normalized spacial score (nSPS) is 23.4. The van der Waals surface area contributed by atoms with Crippen molar-refractivity contribution < 1.29 is 18.7 Å². The van der Waals surface area contributed by atoms with E-state index in [4.69, 9.17) is 4.74 Å². The van der Waals surface area contributed by atoms with Crippen molar-refractivity contribution >= 4 is 11.9 Å². The summed E-state index contributed by atoms with van der Waals surface area (Å²) < 4.78 is 19.6. The molecule has 1 atom stereocenters. The molecule has 0 unspecified atom stereocenters. The van der Waals surface area contributed by atoms with Crippen molar-refractivity contribution in [2.24, 2.45) is 11.3 Å². The molecule has 1 saturated carbocycles. The Morgan fingerprint density at radius 1 is 1.22 bits per heavy atom. The van der Waals surface area contributed by atoms with Gasteiger partial charge in [-0.05, 0) is 56.6 Å². The van der Waals surface area contributed by atoms with Gasteiger partial charge in [-0.25, -0.2) is 4.39 Å². The van der Waals surface area contributed by atoms with Gasteiger partial charge in [-0.1, -0.05) is 31.0 Å². The zero-order chi connectivity index (χ0) is 19.3. The van der Waals surface area contributed by atoms with Crippen LogP contribution >= 0.6 is 0 Å². The summed E-state index contributed by atoms with van der Waals surface area (Å²) in [5, 5.41) is 0. The van der Waals surface area contributed by atoms with Gasteiger partial charge in [0.1, 0.15) is 5.82 Å². The van der Waals surface area contributed by atoms with Crippen LogP contribution in [0.3, 0.4) is 0 Å². The molecule has 2 aliphatic rings. The van der Waals surface area contributed by atoms with E-state index in [1.165, 1.54) is 18.9 Å². The number of esters is 1. The molecule has 0 radical (unpaired) electrons. The fraction of sp³-hybridized carbons (Fsp3) is 0.636. The number of piperidine rings is 1. The molecule has 1 amide bonds. The molecule has 5 heteroatoms. The van der Waals surface area contributed by atoms with E-state index >= 15 is 0 Å². The van der Waals surface area contributed by atoms with Gasteiger partial charge in [0.05, 0.1) is 12.0 Å². The summed E-state index contributed by atoms with van der Waals surface area (Å²) >= 11 is 0. The van der Waals surface area contributed by atoms with Crippen LogP contribution in [0.15, 0.2) is 24.3 Å². The van der Waals surface area contributed by atoms with Crippen LogP contribution in [0.4, 0.5) is 4.39 Å². The number of amides is 1. The number of nitrogens with zero attached hydrogens (tertiary/aromatic N) is 1. The number of benzene rings is 1. The van der Waals surface area contributed by atoms with Crippen LogP contribution in [0.25, 0.3) is 0 Å². The van der Waals surface area contributed by atoms with Gasteiger partial charge in [-0.2, -0.15) is 0 Å². The largest absolute Gasteiger partial charge is 0.466 e. The number of carbonyl (C=O) groups is 2. The number of ether oxygens (including phenoxy) is 1. The summed E-state index contributed by atoms with van der Waals surface area (Å²) in [6.07, 6.45) is 6.85. The summed E-state index contributed by atoms with van der Waals surface area (Å²) in [5.41, 5.74) is -0.349. The van der Waals surface area contributed by atoms with E-state index in [1.807, 2.05) is 4.90 Å². The Morgan fingerprint density at radius 3 is 2.67 bits per heavy atom. The predicted molar refractivity (Wildman–Crippen MR) is 102 cm³/mol. The molecule has 2 fully saturated rings. The average molecular weight is 375 g/mol. The lowest BCUT2D eigenvalue weighted by Crippen LogP contribution is -2.52. The van der Waals surface area contributed by atoms with Crippen LogP contribution in [0, 0.1) is 17.2 Å². The Kier molecular flexibility index (Phi) is 6.51. The van der Waals surface area contributed by atoms with E-state index in [0.717, 1.165) is 19.3 Å². The number of likely N-dealkylation sites (tertiary alicyclic amines) is 1. The smallest absolute Gasteiger partial charge is 0.314 e. The molecule has 148 valence electrons.